The van der Waals surface area contributed by atoms with Crippen LogP contribution in [0.2, 0.25) is 0 Å². The van der Waals surface area contributed by atoms with E-state index in [-0.39, 0.29) is 13.2 Å². The van der Waals surface area contributed by atoms with Crippen molar-refractivity contribution in [3.63, 3.8) is 0 Å². The van der Waals surface area contributed by atoms with Crippen LogP contribution in [0.3, 0.4) is 0 Å². The van der Waals surface area contributed by atoms with Crippen LogP contribution in [0.4, 0.5) is 0 Å². The minimum absolute atomic E-state index is 0.0934. The fraction of sp³-hybridized carbons (Fsp3) is 0.727. The van der Waals surface area contributed by atoms with Crippen molar-refractivity contribution in [1.29, 1.82) is 0 Å². The molecule has 0 atom stereocenters. The lowest BCUT2D eigenvalue weighted by Crippen LogP contribution is -2.04. The predicted molar refractivity (Wildman–Crippen MR) is 101 cm³/mol. The molecule has 3 rings (SSSR count). The Balaban J connectivity index is 2.05. The highest BCUT2D eigenvalue weighted by molar-refractivity contribution is 5.39. The van der Waals surface area contributed by atoms with Crippen molar-refractivity contribution in [2.24, 2.45) is 0 Å². The second kappa shape index (κ2) is 11.7. The molecule has 0 fully saturated rings. The van der Waals surface area contributed by atoms with Crippen LogP contribution in [0.25, 0.3) is 0 Å². The topological polar surface area (TPSA) is 40.5 Å². The minimum atomic E-state index is 0.0934. The van der Waals surface area contributed by atoms with E-state index in [4.69, 9.17) is 0 Å². The molecule has 0 spiro atoms. The summed E-state index contributed by atoms with van der Waals surface area (Å²) in [7, 11) is 0. The Kier molecular flexibility index (Phi) is 9.45. The van der Waals surface area contributed by atoms with Gasteiger partial charge in [0, 0.05) is 0 Å². The number of hydrogen-bond acceptors (Lipinski definition) is 2. The van der Waals surface area contributed by atoms with Crippen LogP contribution in [-0.2, 0) is 26.1 Å². The van der Waals surface area contributed by atoms with Crippen molar-refractivity contribution in [2.45, 2.75) is 103 Å². The van der Waals surface area contributed by atoms with E-state index >= 15 is 0 Å². The Labute approximate surface area is 148 Å². The zero-order chi connectivity index (χ0) is 17.0. The van der Waals surface area contributed by atoms with Crippen LogP contribution in [0, 0.1) is 0 Å². The van der Waals surface area contributed by atoms with E-state index in [9.17, 15) is 10.2 Å². The molecule has 1 aromatic carbocycles. The summed E-state index contributed by atoms with van der Waals surface area (Å²) in [5, 5.41) is 19.5. The van der Waals surface area contributed by atoms with E-state index in [2.05, 4.69) is 12.1 Å². The van der Waals surface area contributed by atoms with Crippen molar-refractivity contribution in [1.82, 2.24) is 0 Å². The largest absolute Gasteiger partial charge is 0.392 e. The van der Waals surface area contributed by atoms with Crippen molar-refractivity contribution in [3.8, 4) is 0 Å². The molecule has 0 heterocycles. The van der Waals surface area contributed by atoms with Crippen molar-refractivity contribution in [3.05, 3.63) is 34.4 Å². The van der Waals surface area contributed by atoms with Gasteiger partial charge in [0.1, 0.15) is 0 Å². The van der Waals surface area contributed by atoms with Crippen LogP contribution in [-0.4, -0.2) is 10.2 Å². The highest BCUT2D eigenvalue weighted by atomic mass is 16.3. The summed E-state index contributed by atoms with van der Waals surface area (Å²) in [6.07, 6.45) is 18.0. The first-order valence-electron chi connectivity index (χ1n) is 10.2. The maximum atomic E-state index is 9.77. The van der Waals surface area contributed by atoms with Crippen LogP contribution < -0.4 is 0 Å². The molecule has 2 bridgehead atoms. The summed E-state index contributed by atoms with van der Waals surface area (Å²) in [6, 6.07) is 4.36. The van der Waals surface area contributed by atoms with Gasteiger partial charge in [-0.15, -0.1) is 0 Å². The first-order valence-corrected chi connectivity index (χ1v) is 10.2. The van der Waals surface area contributed by atoms with E-state index in [1.54, 1.807) is 0 Å². The Morgan fingerprint density at radius 2 is 0.917 bits per heavy atom. The van der Waals surface area contributed by atoms with Gasteiger partial charge in [-0.3, -0.25) is 0 Å². The van der Waals surface area contributed by atoms with Gasteiger partial charge < -0.3 is 10.2 Å². The molecule has 2 aliphatic rings. The van der Waals surface area contributed by atoms with Crippen molar-refractivity contribution < 1.29 is 10.2 Å². The molecule has 0 saturated carbocycles. The van der Waals surface area contributed by atoms with Crippen molar-refractivity contribution >= 4 is 0 Å². The third-order valence-electron chi connectivity index (χ3n) is 5.48. The standard InChI is InChI=1S/C22H36O2/c23-17-20-15-19-13-11-9-7-5-3-1-2-4-6-8-10-12-14-22(20)21(16-19)18-24/h15-16,23-24H,1-14,17-18H2. The molecule has 0 aromatic heterocycles. The number of aliphatic hydroxyl groups is 2. The van der Waals surface area contributed by atoms with Gasteiger partial charge in [-0.05, 0) is 47.9 Å². The molecule has 136 valence electrons. The number of rotatable bonds is 2. The molecule has 0 unspecified atom stereocenters. The summed E-state index contributed by atoms with van der Waals surface area (Å²) in [5.41, 5.74) is 4.56. The lowest BCUT2D eigenvalue weighted by atomic mass is 9.92. The smallest absolute Gasteiger partial charge is 0.0684 e. The first-order chi connectivity index (χ1) is 11.8. The van der Waals surface area contributed by atoms with E-state index in [0.717, 1.165) is 24.0 Å². The molecule has 2 heteroatoms. The van der Waals surface area contributed by atoms with Gasteiger partial charge in [0.05, 0.1) is 13.2 Å². The van der Waals surface area contributed by atoms with E-state index in [1.807, 2.05) is 0 Å². The summed E-state index contributed by atoms with van der Waals surface area (Å²) in [4.78, 5) is 0. The van der Waals surface area contributed by atoms with Crippen LogP contribution >= 0.6 is 0 Å². The lowest BCUT2D eigenvalue weighted by molar-refractivity contribution is 0.272. The zero-order valence-corrected chi connectivity index (χ0v) is 15.4. The van der Waals surface area contributed by atoms with Crippen LogP contribution in [0.5, 0.6) is 0 Å². The number of benzene rings is 1. The van der Waals surface area contributed by atoms with Gasteiger partial charge in [-0.1, -0.05) is 76.3 Å². The van der Waals surface area contributed by atoms with E-state index < -0.39 is 0 Å². The lowest BCUT2D eigenvalue weighted by Gasteiger charge is -2.15. The summed E-state index contributed by atoms with van der Waals surface area (Å²) < 4.78 is 0. The quantitative estimate of drug-likeness (QED) is 0.756. The second-order valence-corrected chi connectivity index (χ2v) is 7.45. The summed E-state index contributed by atoms with van der Waals surface area (Å²) in [6.45, 7) is 0.187. The van der Waals surface area contributed by atoms with Gasteiger partial charge in [0.15, 0.2) is 0 Å². The van der Waals surface area contributed by atoms with Gasteiger partial charge >= 0.3 is 0 Å². The molecule has 2 nitrogen and oxygen atoms in total. The van der Waals surface area contributed by atoms with E-state index in [1.165, 1.54) is 88.2 Å². The van der Waals surface area contributed by atoms with Crippen LogP contribution in [0.1, 0.15) is 99.3 Å². The van der Waals surface area contributed by atoms with E-state index in [0.29, 0.717) is 0 Å². The molecule has 24 heavy (non-hydrogen) atoms. The Bertz CT molecular complexity index is 442. The number of fused-ring (bicyclic) bond motifs is 15. The molecular weight excluding hydrogens is 296 g/mol. The molecule has 0 aliphatic heterocycles. The predicted octanol–water partition coefficient (Wildman–Crippen LogP) is 5.45. The van der Waals surface area contributed by atoms with Gasteiger partial charge in [0.25, 0.3) is 0 Å². The molecule has 1 aromatic rings. The molecule has 0 radical (unpaired) electrons. The third-order valence-corrected chi connectivity index (χ3v) is 5.48. The monoisotopic (exact) mass is 332 g/mol. The van der Waals surface area contributed by atoms with Gasteiger partial charge in [-0.25, -0.2) is 0 Å². The van der Waals surface area contributed by atoms with Crippen molar-refractivity contribution in [2.75, 3.05) is 0 Å². The number of aliphatic hydroxyl groups excluding tert-OH is 2. The fourth-order valence-electron chi connectivity index (χ4n) is 4.02. The Hall–Kier alpha value is -0.860. The maximum Gasteiger partial charge on any atom is 0.0684 e. The minimum Gasteiger partial charge on any atom is -0.392 e. The van der Waals surface area contributed by atoms with Gasteiger partial charge in [-0.2, -0.15) is 0 Å². The molecule has 2 aliphatic carbocycles. The highest BCUT2D eigenvalue weighted by Crippen LogP contribution is 2.23. The highest BCUT2D eigenvalue weighted by Gasteiger charge is 2.10. The Morgan fingerprint density at radius 1 is 0.542 bits per heavy atom. The molecule has 2 N–H and O–H groups in total. The number of hydrogen-bond donors (Lipinski definition) is 2. The normalized spacial score (nSPS) is 18.9. The first kappa shape index (κ1) is 19.5. The molecule has 0 amide bonds. The number of aryl methyl sites for hydroxylation is 1. The molecule has 0 saturated heterocycles. The molecular formula is C22H36O2. The summed E-state index contributed by atoms with van der Waals surface area (Å²) in [5.74, 6) is 0. The fourth-order valence-corrected chi connectivity index (χ4v) is 4.02. The third kappa shape index (κ3) is 6.57. The van der Waals surface area contributed by atoms with Gasteiger partial charge in [0.2, 0.25) is 0 Å². The van der Waals surface area contributed by atoms with Crippen LogP contribution in [0.15, 0.2) is 12.1 Å². The Morgan fingerprint density at radius 3 is 1.33 bits per heavy atom. The second-order valence-electron chi connectivity index (χ2n) is 7.45. The average Bonchev–Trinajstić information content (AvgIpc) is 2.61. The SMILES string of the molecule is OCc1cc2cc(CO)c1CCCCCCCCCCCCCC2. The zero-order valence-electron chi connectivity index (χ0n) is 15.4. The average molecular weight is 333 g/mol. The maximum absolute atomic E-state index is 9.77. The summed E-state index contributed by atoms with van der Waals surface area (Å²) >= 11 is 0.